The molecular formula is C11H11ClF2O5S. The molecule has 5 nitrogen and oxygen atoms in total. The Bertz CT molecular complexity index is 617. The van der Waals surface area contributed by atoms with Gasteiger partial charge >= 0.3 is 5.97 Å². The van der Waals surface area contributed by atoms with Crippen molar-refractivity contribution in [1.29, 1.82) is 0 Å². The van der Waals surface area contributed by atoms with E-state index in [0.29, 0.717) is 12.1 Å². The maximum Gasteiger partial charge on any atom is 0.341 e. The summed E-state index contributed by atoms with van der Waals surface area (Å²) in [7, 11) is 2.09. The number of benzene rings is 1. The number of ether oxygens (including phenoxy) is 2. The number of carbonyl (C=O) groups excluding carboxylic acids is 1. The zero-order chi connectivity index (χ0) is 15.5. The molecule has 0 aromatic heterocycles. The molecule has 1 aromatic rings. The fraction of sp³-hybridized carbons (Fsp3) is 0.364. The molecular weight excluding hydrogens is 318 g/mol. The van der Waals surface area contributed by atoms with E-state index in [-0.39, 0.29) is 6.61 Å². The van der Waals surface area contributed by atoms with E-state index in [1.807, 2.05) is 0 Å². The SMILES string of the molecule is COCC(C)OC(=O)c1cc(S(=O)(=O)Cl)cc(F)c1F. The quantitative estimate of drug-likeness (QED) is 0.611. The van der Waals surface area contributed by atoms with Crippen molar-refractivity contribution in [3.05, 3.63) is 29.3 Å². The highest BCUT2D eigenvalue weighted by Gasteiger charge is 2.24. The second-order valence-electron chi connectivity index (χ2n) is 3.88. The Kier molecular flexibility index (Phi) is 5.43. The van der Waals surface area contributed by atoms with Crippen LogP contribution in [0.2, 0.25) is 0 Å². The van der Waals surface area contributed by atoms with Crippen molar-refractivity contribution in [1.82, 2.24) is 0 Å². The van der Waals surface area contributed by atoms with Crippen LogP contribution >= 0.6 is 10.7 Å². The van der Waals surface area contributed by atoms with Crippen LogP contribution in [0.5, 0.6) is 0 Å². The summed E-state index contributed by atoms with van der Waals surface area (Å²) in [4.78, 5) is 10.9. The maximum absolute atomic E-state index is 13.5. The first-order chi connectivity index (χ1) is 9.16. The van der Waals surface area contributed by atoms with E-state index in [2.05, 4.69) is 0 Å². The molecule has 1 aromatic carbocycles. The summed E-state index contributed by atoms with van der Waals surface area (Å²) in [6.45, 7) is 1.52. The van der Waals surface area contributed by atoms with Gasteiger partial charge in [0, 0.05) is 17.8 Å². The van der Waals surface area contributed by atoms with E-state index >= 15 is 0 Å². The van der Waals surface area contributed by atoms with Gasteiger partial charge in [0.2, 0.25) is 0 Å². The molecule has 1 atom stereocenters. The zero-order valence-electron chi connectivity index (χ0n) is 10.5. The molecule has 1 unspecified atom stereocenters. The average Bonchev–Trinajstić information content (AvgIpc) is 2.31. The third-order valence-electron chi connectivity index (χ3n) is 2.21. The van der Waals surface area contributed by atoms with Crippen molar-refractivity contribution in [2.45, 2.75) is 17.9 Å². The molecule has 1 rings (SSSR count). The Morgan fingerprint density at radius 1 is 1.40 bits per heavy atom. The van der Waals surface area contributed by atoms with E-state index in [0.717, 1.165) is 0 Å². The topological polar surface area (TPSA) is 69.7 Å². The summed E-state index contributed by atoms with van der Waals surface area (Å²) in [6, 6.07) is 0.996. The van der Waals surface area contributed by atoms with Gasteiger partial charge in [-0.05, 0) is 19.1 Å². The number of methoxy groups -OCH3 is 1. The number of hydrogen-bond acceptors (Lipinski definition) is 5. The lowest BCUT2D eigenvalue weighted by Crippen LogP contribution is -2.21. The number of carbonyl (C=O) groups is 1. The Morgan fingerprint density at radius 3 is 2.50 bits per heavy atom. The molecule has 0 aliphatic carbocycles. The molecule has 0 saturated carbocycles. The monoisotopic (exact) mass is 328 g/mol. The third-order valence-corrected chi connectivity index (χ3v) is 3.55. The molecule has 0 radical (unpaired) electrons. The van der Waals surface area contributed by atoms with Gasteiger partial charge in [0.1, 0.15) is 6.10 Å². The molecule has 0 amide bonds. The zero-order valence-corrected chi connectivity index (χ0v) is 12.1. The van der Waals surface area contributed by atoms with Gasteiger partial charge in [-0.1, -0.05) is 0 Å². The van der Waals surface area contributed by atoms with Gasteiger partial charge < -0.3 is 9.47 Å². The summed E-state index contributed by atoms with van der Waals surface area (Å²) in [5.74, 6) is -4.24. The standard InChI is InChI=1S/C11H11ClF2O5S/c1-6(5-18-2)19-11(15)8-3-7(20(12,16)17)4-9(13)10(8)14/h3-4,6H,5H2,1-2H3. The van der Waals surface area contributed by atoms with E-state index in [4.69, 9.17) is 20.2 Å². The van der Waals surface area contributed by atoms with E-state index in [1.54, 1.807) is 0 Å². The Hall–Kier alpha value is -1.25. The molecule has 0 N–H and O–H groups in total. The van der Waals surface area contributed by atoms with Crippen LogP contribution in [0.1, 0.15) is 17.3 Å². The number of rotatable bonds is 5. The second kappa shape index (κ2) is 6.47. The molecule has 0 heterocycles. The van der Waals surface area contributed by atoms with Crippen molar-refractivity contribution in [2.75, 3.05) is 13.7 Å². The van der Waals surface area contributed by atoms with Crippen LogP contribution in [0.4, 0.5) is 8.78 Å². The van der Waals surface area contributed by atoms with Crippen LogP contribution in [0, 0.1) is 11.6 Å². The number of esters is 1. The fourth-order valence-electron chi connectivity index (χ4n) is 1.37. The molecule has 0 bridgehead atoms. The number of hydrogen-bond donors (Lipinski definition) is 0. The van der Waals surface area contributed by atoms with Crippen LogP contribution < -0.4 is 0 Å². The number of halogens is 3. The van der Waals surface area contributed by atoms with E-state index in [9.17, 15) is 22.0 Å². The highest BCUT2D eigenvalue weighted by Crippen LogP contribution is 2.22. The van der Waals surface area contributed by atoms with Gasteiger partial charge in [0.25, 0.3) is 9.05 Å². The van der Waals surface area contributed by atoms with Crippen LogP contribution in [0.3, 0.4) is 0 Å². The van der Waals surface area contributed by atoms with Gasteiger partial charge in [-0.25, -0.2) is 22.0 Å². The minimum Gasteiger partial charge on any atom is -0.457 e. The summed E-state index contributed by atoms with van der Waals surface area (Å²) >= 11 is 0. The largest absolute Gasteiger partial charge is 0.457 e. The summed E-state index contributed by atoms with van der Waals surface area (Å²) < 4.78 is 58.5. The first kappa shape index (κ1) is 16.8. The Morgan fingerprint density at radius 2 is 2.00 bits per heavy atom. The molecule has 20 heavy (non-hydrogen) atoms. The van der Waals surface area contributed by atoms with Gasteiger partial charge in [-0.2, -0.15) is 0 Å². The van der Waals surface area contributed by atoms with E-state index < -0.39 is 43.2 Å². The van der Waals surface area contributed by atoms with Gasteiger partial charge in [-0.3, -0.25) is 0 Å². The predicted molar refractivity (Wildman–Crippen MR) is 66.2 cm³/mol. The van der Waals surface area contributed by atoms with Gasteiger partial charge in [0.05, 0.1) is 17.1 Å². The first-order valence-electron chi connectivity index (χ1n) is 5.30. The van der Waals surface area contributed by atoms with Crippen molar-refractivity contribution in [3.63, 3.8) is 0 Å². The molecule has 9 heteroatoms. The first-order valence-corrected chi connectivity index (χ1v) is 7.61. The summed E-state index contributed by atoms with van der Waals surface area (Å²) in [5, 5.41) is 0. The Labute approximate surface area is 118 Å². The maximum atomic E-state index is 13.5. The lowest BCUT2D eigenvalue weighted by molar-refractivity contribution is 0.0114. The fourth-order valence-corrected chi connectivity index (χ4v) is 2.14. The lowest BCUT2D eigenvalue weighted by Gasteiger charge is -2.13. The third kappa shape index (κ3) is 4.12. The highest BCUT2D eigenvalue weighted by atomic mass is 35.7. The second-order valence-corrected chi connectivity index (χ2v) is 6.44. The van der Waals surface area contributed by atoms with Crippen molar-refractivity contribution in [3.8, 4) is 0 Å². The normalized spacial score (nSPS) is 13.1. The summed E-state index contributed by atoms with van der Waals surface area (Å²) in [6.07, 6.45) is -0.716. The van der Waals surface area contributed by atoms with Crippen LogP contribution in [-0.2, 0) is 18.5 Å². The average molecular weight is 329 g/mol. The molecule has 0 aliphatic heterocycles. The van der Waals surface area contributed by atoms with Gasteiger partial charge in [0.15, 0.2) is 11.6 Å². The van der Waals surface area contributed by atoms with Crippen molar-refractivity contribution in [2.24, 2.45) is 0 Å². The smallest absolute Gasteiger partial charge is 0.341 e. The van der Waals surface area contributed by atoms with Crippen LogP contribution in [-0.4, -0.2) is 34.2 Å². The van der Waals surface area contributed by atoms with E-state index in [1.165, 1.54) is 14.0 Å². The Balaban J connectivity index is 3.17. The lowest BCUT2D eigenvalue weighted by atomic mass is 10.2. The molecule has 0 spiro atoms. The summed E-state index contributed by atoms with van der Waals surface area (Å²) in [5.41, 5.74) is -0.854. The molecule has 0 fully saturated rings. The predicted octanol–water partition coefficient (Wildman–Crippen LogP) is 2.08. The highest BCUT2D eigenvalue weighted by molar-refractivity contribution is 8.13. The van der Waals surface area contributed by atoms with Gasteiger partial charge in [-0.15, -0.1) is 0 Å². The minimum atomic E-state index is -4.30. The molecule has 0 aliphatic rings. The van der Waals surface area contributed by atoms with Crippen molar-refractivity contribution < 1.29 is 31.5 Å². The van der Waals surface area contributed by atoms with Crippen molar-refractivity contribution >= 4 is 25.7 Å². The minimum absolute atomic E-state index is 0.0450. The molecule has 0 saturated heterocycles. The van der Waals surface area contributed by atoms with Crippen LogP contribution in [0.25, 0.3) is 0 Å². The van der Waals surface area contributed by atoms with Crippen LogP contribution in [0.15, 0.2) is 17.0 Å². The molecule has 112 valence electrons.